The highest BCUT2D eigenvalue weighted by Gasteiger charge is 2.51. The molecule has 5 heterocycles. The maximum atomic E-state index is 6.74. The summed E-state index contributed by atoms with van der Waals surface area (Å²) < 4.78 is 12.4. The second-order valence-corrected chi connectivity index (χ2v) is 27.7. The Bertz CT molecular complexity index is 6260. The van der Waals surface area contributed by atoms with Gasteiger partial charge in [0, 0.05) is 56.2 Å². The fraction of sp³-hybridized carbons (Fsp3) is 0.0737. The second-order valence-electron chi connectivity index (χ2n) is 27.3. The Morgan fingerprint density at radius 2 is 0.641 bits per heavy atom. The van der Waals surface area contributed by atoms with Gasteiger partial charge in [0.05, 0.1) is 49.7 Å². The van der Waals surface area contributed by atoms with E-state index in [0.29, 0.717) is 0 Å². The predicted molar refractivity (Wildman–Crippen MR) is 436 cm³/mol. The third-order valence-electron chi connectivity index (χ3n) is 20.3. The average molecular weight is 1350 g/mol. The van der Waals surface area contributed by atoms with E-state index in [0.717, 1.165) is 116 Å². The molecule has 1 aliphatic rings. The zero-order valence-corrected chi connectivity index (χ0v) is 57.6. The fourth-order valence-electron chi connectivity index (χ4n) is 14.1. The van der Waals surface area contributed by atoms with Gasteiger partial charge in [-0.25, -0.2) is 9.97 Å². The van der Waals surface area contributed by atoms with Gasteiger partial charge in [-0.3, -0.25) is 9.97 Å². The Kier molecular flexibility index (Phi) is 17.5. The standard InChI is InChI=1S/C44H28N2.C29H18ClN.C21H22BNO2.CH4/c1-3-10-32-24-34(19-17-29(32)8-1)35-21-22-42-41(27-35)40(28-43(46-42)38-20-18-30-9-2-4-11-33(30)25-38)37-14-5-13-36(26-37)39-16-6-12-31-15-7-23-45-44(31)39;30-27-18-29(25-12-10-20-6-2-4-8-22(20)16-25)31-28-14-13-24(17-26(27)28)23-11-9-19-5-1-3-7-21(19)15-23;1-20(2)21(3,4)25-22(24-20)17-11-5-9-16(14-17)18-12-6-8-15-10-7-13-23-19(15)18;/h1-28H;1-18H;5-14H,1-4H3;1H4. The van der Waals surface area contributed by atoms with Gasteiger partial charge in [-0.2, -0.15) is 0 Å². The molecule has 0 spiro atoms. The van der Waals surface area contributed by atoms with Gasteiger partial charge >= 0.3 is 7.12 Å². The summed E-state index contributed by atoms with van der Waals surface area (Å²) in [5, 5.41) is 14.9. The number of nitrogens with zero attached hydrogens (tertiary/aromatic N) is 4. The van der Waals surface area contributed by atoms with Crippen molar-refractivity contribution in [2.24, 2.45) is 0 Å². The number of fused-ring (bicyclic) bond motifs is 8. The lowest BCUT2D eigenvalue weighted by Crippen LogP contribution is -2.41. The maximum absolute atomic E-state index is 6.74. The molecule has 0 radical (unpaired) electrons. The molecule has 0 bridgehead atoms. The van der Waals surface area contributed by atoms with E-state index in [4.69, 9.17) is 35.9 Å². The number of aromatic nitrogens is 4. The first-order chi connectivity index (χ1) is 49.9. The van der Waals surface area contributed by atoms with E-state index in [1.54, 1.807) is 0 Å². The van der Waals surface area contributed by atoms with Crippen LogP contribution in [0.2, 0.25) is 5.02 Å². The van der Waals surface area contributed by atoms with Crippen LogP contribution in [0.3, 0.4) is 0 Å². The minimum absolute atomic E-state index is 0. The van der Waals surface area contributed by atoms with Crippen molar-refractivity contribution < 1.29 is 9.31 Å². The number of halogens is 1. The molecule has 1 aliphatic heterocycles. The lowest BCUT2D eigenvalue weighted by Gasteiger charge is -2.32. The Balaban J connectivity index is 0.000000125. The molecule has 1 saturated heterocycles. The van der Waals surface area contributed by atoms with E-state index in [2.05, 4.69) is 342 Å². The summed E-state index contributed by atoms with van der Waals surface area (Å²) >= 11 is 6.74. The van der Waals surface area contributed by atoms with Crippen LogP contribution < -0.4 is 5.46 Å². The van der Waals surface area contributed by atoms with Gasteiger partial charge in [-0.15, -0.1) is 0 Å². The number of pyridine rings is 4. The lowest BCUT2D eigenvalue weighted by atomic mass is 9.78. The largest absolute Gasteiger partial charge is 0.494 e. The van der Waals surface area contributed by atoms with E-state index in [9.17, 15) is 0 Å². The number of benzene rings is 14. The summed E-state index contributed by atoms with van der Waals surface area (Å²) in [6.45, 7) is 8.30. The molecule has 0 saturated carbocycles. The maximum Gasteiger partial charge on any atom is 0.494 e. The van der Waals surface area contributed by atoms with Crippen molar-refractivity contribution in [1.29, 1.82) is 0 Å². The number of hydrogen-bond donors (Lipinski definition) is 0. The van der Waals surface area contributed by atoms with Gasteiger partial charge in [0.2, 0.25) is 0 Å². The first-order valence-corrected chi connectivity index (χ1v) is 35.0. The quantitative estimate of drug-likeness (QED) is 0.141. The molecule has 4 aromatic heterocycles. The van der Waals surface area contributed by atoms with Crippen LogP contribution in [0, 0.1) is 0 Å². The highest BCUT2D eigenvalue weighted by molar-refractivity contribution is 6.62. The van der Waals surface area contributed by atoms with Crippen LogP contribution in [0.25, 0.3) is 165 Å². The molecule has 0 amide bonds. The van der Waals surface area contributed by atoms with E-state index in [1.165, 1.54) is 59.8 Å². The zero-order chi connectivity index (χ0) is 68.9. The van der Waals surface area contributed by atoms with Gasteiger partial charge in [-0.05, 0) is 200 Å². The van der Waals surface area contributed by atoms with E-state index in [1.807, 2.05) is 30.6 Å². The summed E-state index contributed by atoms with van der Waals surface area (Å²) in [4.78, 5) is 19.5. The molecule has 8 heteroatoms. The first kappa shape index (κ1) is 65.6. The molecule has 14 aromatic carbocycles. The fourth-order valence-corrected chi connectivity index (χ4v) is 14.4. The number of hydrogen-bond acceptors (Lipinski definition) is 6. The summed E-state index contributed by atoms with van der Waals surface area (Å²) in [5.74, 6) is 0. The minimum atomic E-state index is -0.354. The third kappa shape index (κ3) is 13.1. The smallest absolute Gasteiger partial charge is 0.399 e. The van der Waals surface area contributed by atoms with Crippen molar-refractivity contribution in [3.05, 3.63) is 345 Å². The summed E-state index contributed by atoms with van der Waals surface area (Å²) in [5.41, 5.74) is 19.8. The molecule has 1 fully saturated rings. The molecule has 6 nitrogen and oxygen atoms in total. The van der Waals surface area contributed by atoms with Crippen LogP contribution in [0.5, 0.6) is 0 Å². The van der Waals surface area contributed by atoms with Gasteiger partial charge < -0.3 is 9.31 Å². The normalized spacial score (nSPS) is 13.1. The van der Waals surface area contributed by atoms with Gasteiger partial charge in [0.25, 0.3) is 0 Å². The first-order valence-electron chi connectivity index (χ1n) is 34.6. The van der Waals surface area contributed by atoms with Crippen molar-refractivity contribution in [2.45, 2.75) is 46.3 Å². The monoisotopic (exact) mass is 1350 g/mol. The molecular weight excluding hydrogens is 1280 g/mol. The van der Waals surface area contributed by atoms with E-state index >= 15 is 0 Å². The van der Waals surface area contributed by atoms with Crippen molar-refractivity contribution in [1.82, 2.24) is 19.9 Å². The van der Waals surface area contributed by atoms with Crippen LogP contribution in [-0.4, -0.2) is 38.3 Å². The Hall–Kier alpha value is -12.0. The zero-order valence-electron chi connectivity index (χ0n) is 56.9. The Morgan fingerprint density at radius 3 is 1.14 bits per heavy atom. The summed E-state index contributed by atoms with van der Waals surface area (Å²) in [6.07, 6.45) is 3.71. The van der Waals surface area contributed by atoms with Crippen LogP contribution in [0.15, 0.2) is 340 Å². The molecule has 0 aliphatic carbocycles. The molecule has 18 aromatic rings. The molecular formula is C95H72BClN4O2. The van der Waals surface area contributed by atoms with Gasteiger partial charge in [-0.1, -0.05) is 268 Å². The SMILES string of the molecule is C.CC1(C)OB(c2cccc(-c3cccc4cccnc34)c2)OC1(C)C.Clc1cc(-c2ccc3ccccc3c2)nc2ccc(-c3ccc4ccccc4c3)cc12.c1cc(-c2cc(-c3ccc4ccccc4c3)nc3ccc(-c4ccc5ccccc5c4)cc23)cc(-c2cccc3cccnc23)c1. The number of para-hydroxylation sites is 2. The van der Waals surface area contributed by atoms with Crippen LogP contribution in [0.1, 0.15) is 35.1 Å². The lowest BCUT2D eigenvalue weighted by molar-refractivity contribution is 0.00578. The predicted octanol–water partition coefficient (Wildman–Crippen LogP) is 25.1. The molecule has 0 atom stereocenters. The Morgan fingerprint density at radius 1 is 0.282 bits per heavy atom. The third-order valence-corrected chi connectivity index (χ3v) is 20.6. The van der Waals surface area contributed by atoms with Crippen LogP contribution >= 0.6 is 11.6 Å². The van der Waals surface area contributed by atoms with Crippen molar-refractivity contribution in [2.75, 3.05) is 0 Å². The van der Waals surface area contributed by atoms with Gasteiger partial charge in [0.15, 0.2) is 0 Å². The van der Waals surface area contributed by atoms with Crippen molar-refractivity contribution in [3.63, 3.8) is 0 Å². The molecule has 19 rings (SSSR count). The molecule has 494 valence electrons. The minimum Gasteiger partial charge on any atom is -0.399 e. The highest BCUT2D eigenvalue weighted by atomic mass is 35.5. The topological polar surface area (TPSA) is 70.0 Å². The molecule has 0 unspecified atom stereocenters. The highest BCUT2D eigenvalue weighted by Crippen LogP contribution is 2.41. The van der Waals surface area contributed by atoms with E-state index < -0.39 is 0 Å². The summed E-state index contributed by atoms with van der Waals surface area (Å²) in [6, 6.07) is 115. The number of rotatable bonds is 8. The summed E-state index contributed by atoms with van der Waals surface area (Å²) in [7, 11) is -0.354. The van der Waals surface area contributed by atoms with Gasteiger partial charge in [0.1, 0.15) is 0 Å². The molecule has 103 heavy (non-hydrogen) atoms. The van der Waals surface area contributed by atoms with Crippen LogP contribution in [0.4, 0.5) is 0 Å². The Labute approximate surface area is 605 Å². The van der Waals surface area contributed by atoms with Crippen molar-refractivity contribution in [3.8, 4) is 78.1 Å². The molecule has 0 N–H and O–H groups in total. The van der Waals surface area contributed by atoms with Crippen molar-refractivity contribution >= 4 is 111 Å². The average Bonchev–Trinajstić information content (AvgIpc) is 1.63. The van der Waals surface area contributed by atoms with Crippen LogP contribution in [-0.2, 0) is 9.31 Å². The van der Waals surface area contributed by atoms with E-state index in [-0.39, 0.29) is 25.7 Å². The second kappa shape index (κ2) is 27.5.